The van der Waals surface area contributed by atoms with E-state index in [4.69, 9.17) is 24.0 Å². The predicted octanol–water partition coefficient (Wildman–Crippen LogP) is 3.73. The van der Waals surface area contributed by atoms with Crippen LogP contribution in [0.2, 0.25) is 39.3 Å². The van der Waals surface area contributed by atoms with Crippen molar-refractivity contribution in [3.8, 4) is 0 Å². The van der Waals surface area contributed by atoms with E-state index in [0.29, 0.717) is 0 Å². The summed E-state index contributed by atoms with van der Waals surface area (Å²) in [4.78, 5) is 9.05. The monoisotopic (exact) mass is 794 g/mol. The van der Waals surface area contributed by atoms with E-state index in [1.165, 1.54) is 58.4 Å². The first-order valence-electron chi connectivity index (χ1n) is 13.8. The molecule has 0 aromatic heterocycles. The number of nitrogens with zero attached hydrogens (tertiary/aromatic N) is 4. The average molecular weight is 796 g/mol. The smallest absolute Gasteiger partial charge is 0.522 e. The number of hydrogen-bond donors (Lipinski definition) is 0. The van der Waals surface area contributed by atoms with Gasteiger partial charge in [-0.15, -0.1) is 0 Å². The fourth-order valence-electron chi connectivity index (χ4n) is 2.57. The molecule has 2 aliphatic rings. The molecule has 0 bridgehead atoms. The van der Waals surface area contributed by atoms with Crippen molar-refractivity contribution in [2.75, 3.05) is 40.5 Å². The van der Waals surface area contributed by atoms with Crippen molar-refractivity contribution in [2.24, 2.45) is 0 Å². The van der Waals surface area contributed by atoms with Gasteiger partial charge in [0.05, 0.1) is 13.3 Å². The lowest BCUT2D eigenvalue weighted by atomic mass is 10.3. The molecule has 2 aliphatic heterocycles. The number of unbranched alkanes of at least 4 members (excludes halogenated alkanes) is 2. The fourth-order valence-corrected chi connectivity index (χ4v) is 5.58. The Morgan fingerprint density at radius 2 is 1.02 bits per heavy atom. The van der Waals surface area contributed by atoms with Gasteiger partial charge in [0.15, 0.2) is 10.1 Å². The molecule has 2 heterocycles. The summed E-state index contributed by atoms with van der Waals surface area (Å²) < 4.78 is 119. The highest BCUT2D eigenvalue weighted by molar-refractivity contribution is 7.88. The van der Waals surface area contributed by atoms with Crippen LogP contribution < -0.4 is 12.4 Å². The average Bonchev–Trinajstić information content (AvgIpc) is 3.40. The first-order chi connectivity index (χ1) is 19.9. The number of rotatable bonds is 8. The fraction of sp³-hybridized carbons (Fsp3) is 0.833. The van der Waals surface area contributed by atoms with Gasteiger partial charge in [0, 0.05) is 52.0 Å². The molecule has 46 heavy (non-hydrogen) atoms. The van der Waals surface area contributed by atoms with Crippen LogP contribution in [0.15, 0.2) is 24.8 Å². The summed E-state index contributed by atoms with van der Waals surface area (Å²) in [6, 6.07) is 0. The van der Waals surface area contributed by atoms with E-state index in [1.54, 1.807) is 0 Å². The van der Waals surface area contributed by atoms with E-state index in [0.717, 1.165) is 13.3 Å². The Kier molecular flexibility index (Phi) is 25.6. The second kappa shape index (κ2) is 22.7. The number of halogens is 8. The van der Waals surface area contributed by atoms with Crippen LogP contribution in [0.25, 0.3) is 0 Å². The van der Waals surface area contributed by atoms with Gasteiger partial charge in [-0.1, -0.05) is 46.3 Å². The van der Waals surface area contributed by atoms with Crippen LogP contribution in [-0.2, 0) is 24.1 Å². The van der Waals surface area contributed by atoms with Crippen LogP contribution in [-0.4, -0.2) is 108 Å². The Hall–Kier alpha value is -0.906. The zero-order valence-corrected chi connectivity index (χ0v) is 33.2. The minimum absolute atomic E-state index is 0. The molecule has 0 saturated heterocycles. The van der Waals surface area contributed by atoms with E-state index < -0.39 is 47.0 Å². The lowest BCUT2D eigenvalue weighted by Gasteiger charge is -2.17. The Bertz CT molecular complexity index is 1050. The molecule has 280 valence electrons. The molecule has 0 amide bonds. The van der Waals surface area contributed by atoms with Crippen LogP contribution in [0.5, 0.6) is 0 Å². The van der Waals surface area contributed by atoms with Crippen molar-refractivity contribution in [2.45, 2.75) is 89.8 Å². The third-order valence-electron chi connectivity index (χ3n) is 4.40. The molecule has 0 spiro atoms. The third kappa shape index (κ3) is 31.7. The van der Waals surface area contributed by atoms with Gasteiger partial charge in [-0.2, -0.15) is 45.8 Å². The molecule has 10 nitrogen and oxygen atoms in total. The first-order valence-corrected chi connectivity index (χ1v) is 24.6. The van der Waals surface area contributed by atoms with Crippen LogP contribution >= 0.6 is 11.1 Å². The molecule has 0 N–H and O–H groups in total. The van der Waals surface area contributed by atoms with Gasteiger partial charge in [0.1, 0.15) is 7.38 Å². The highest BCUT2D eigenvalue weighted by atomic mass is 35.6. The van der Waals surface area contributed by atoms with E-state index in [2.05, 4.69) is 95.9 Å². The normalized spacial score (nSPS) is 15.0. The number of hydrogen-bond acceptors (Lipinski definition) is 10. The zero-order chi connectivity index (χ0) is 36.5. The Morgan fingerprint density at radius 3 is 1.15 bits per heavy atom. The largest absolute Gasteiger partial charge is 1.00 e. The van der Waals surface area contributed by atoms with Gasteiger partial charge in [-0.3, -0.25) is 0 Å². The van der Waals surface area contributed by atoms with Gasteiger partial charge in [0.25, 0.3) is 0 Å². The van der Waals surface area contributed by atoms with Crippen LogP contribution in [0.1, 0.15) is 39.5 Å². The molecule has 2 rings (SSSR count). The molecule has 0 fully saturated rings. The molecule has 0 aliphatic carbocycles. The van der Waals surface area contributed by atoms with Gasteiger partial charge >= 0.3 is 21.1 Å². The summed E-state index contributed by atoms with van der Waals surface area (Å²) in [6.07, 6.45) is 13.7. The summed E-state index contributed by atoms with van der Waals surface area (Å²) in [5, 5.41) is 0. The van der Waals surface area contributed by atoms with Crippen LogP contribution in [0.3, 0.4) is 0 Å². The SMILES string of the molecule is CCCCN1C=CN(C)C1.CCCCN1C=CN(C)C1.C[Si](C)(C)Cl.C[Si](C)(C)OS(=O)(=O)C(F)(F)F.O=S(=O)([O-])C(F)(F)F.[Cl-]. The third-order valence-corrected chi connectivity index (χ3v) is 8.41. The minimum Gasteiger partial charge on any atom is -1.00 e. The topological polar surface area (TPSA) is 114 Å². The molecule has 0 aromatic carbocycles. The zero-order valence-electron chi connectivity index (χ0n) is 28.0. The van der Waals surface area contributed by atoms with Crippen molar-refractivity contribution in [3.05, 3.63) is 24.8 Å². The van der Waals surface area contributed by atoms with Gasteiger partial charge in [-0.05, 0) is 32.5 Å². The van der Waals surface area contributed by atoms with Crippen LogP contribution in [0, 0.1) is 0 Å². The maximum absolute atomic E-state index is 11.7. The number of alkyl halides is 6. The van der Waals surface area contributed by atoms with Gasteiger partial charge in [0.2, 0.25) is 8.32 Å². The van der Waals surface area contributed by atoms with Gasteiger partial charge in [-0.25, -0.2) is 8.42 Å². The molecule has 0 aromatic rings. The van der Waals surface area contributed by atoms with E-state index in [9.17, 15) is 34.8 Å². The summed E-state index contributed by atoms with van der Waals surface area (Å²) in [6.45, 7) is 19.3. The van der Waals surface area contributed by atoms with Crippen molar-refractivity contribution >= 4 is 47.0 Å². The van der Waals surface area contributed by atoms with Crippen molar-refractivity contribution in [3.63, 3.8) is 0 Å². The summed E-state index contributed by atoms with van der Waals surface area (Å²) >= 11 is 5.67. The van der Waals surface area contributed by atoms with E-state index in [1.807, 2.05) is 0 Å². The molecule has 0 saturated carbocycles. The molecule has 0 atom stereocenters. The molecular weight excluding hydrogens is 745 g/mol. The molecular formula is C24H50Cl2F6N4O6S2Si2-2. The Labute approximate surface area is 284 Å². The second-order valence-corrected chi connectivity index (χ2v) is 27.0. The van der Waals surface area contributed by atoms with E-state index in [-0.39, 0.29) is 12.4 Å². The summed E-state index contributed by atoms with van der Waals surface area (Å²) in [5.41, 5.74) is -11.0. The minimum atomic E-state index is -6.09. The standard InChI is InChI=1S/2C8H16N2.C4H9F3O3SSi.C3H9ClSi.CHF3O3S.ClH/c2*1-3-4-5-10-7-6-9(2)8-10;1-12(2,3)10-11(8,9)4(5,6)7;1-5(2,3)4;2-1(3,4)8(5,6)7;/h2*6-7H,3-5,8H2,1-2H3;1-3H3;1-3H3;(H,5,6,7);1H/p-2. The first kappa shape index (κ1) is 51.9. The summed E-state index contributed by atoms with van der Waals surface area (Å²) in [7, 11) is -11.1. The summed E-state index contributed by atoms with van der Waals surface area (Å²) in [5.74, 6) is 0. The van der Waals surface area contributed by atoms with Crippen LogP contribution in [0.4, 0.5) is 26.3 Å². The molecule has 22 heteroatoms. The lowest BCUT2D eigenvalue weighted by Crippen LogP contribution is -3.00. The maximum atomic E-state index is 11.7. The quantitative estimate of drug-likeness (QED) is 0.119. The second-order valence-electron chi connectivity index (χ2n) is 11.8. The van der Waals surface area contributed by atoms with Crippen molar-refractivity contribution in [1.29, 1.82) is 0 Å². The van der Waals surface area contributed by atoms with E-state index >= 15 is 0 Å². The Balaban J connectivity index is -0.000000244. The Morgan fingerprint density at radius 1 is 0.739 bits per heavy atom. The molecule has 0 radical (unpaired) electrons. The van der Waals surface area contributed by atoms with Crippen molar-refractivity contribution in [1.82, 2.24) is 19.6 Å². The lowest BCUT2D eigenvalue weighted by molar-refractivity contribution is -0.0519. The van der Waals surface area contributed by atoms with Gasteiger partial charge < -0.3 is 40.4 Å². The predicted molar refractivity (Wildman–Crippen MR) is 171 cm³/mol. The highest BCUT2D eigenvalue weighted by Crippen LogP contribution is 2.27. The van der Waals surface area contributed by atoms with Crippen molar-refractivity contribution < 1.29 is 64.0 Å². The highest BCUT2D eigenvalue weighted by Gasteiger charge is 2.49. The molecule has 0 unspecified atom stereocenters. The maximum Gasteiger partial charge on any atom is 0.522 e.